The molecule has 0 unspecified atom stereocenters. The number of rotatable bonds is 2. The number of ether oxygens (including phenoxy) is 1. The molecule has 0 bridgehead atoms. The quantitative estimate of drug-likeness (QED) is 0.721. The van der Waals surface area contributed by atoms with Crippen molar-refractivity contribution >= 4 is 5.91 Å². The van der Waals surface area contributed by atoms with Gasteiger partial charge in [-0.3, -0.25) is 4.79 Å². The number of methoxy groups -OCH3 is 1. The summed E-state index contributed by atoms with van der Waals surface area (Å²) >= 11 is 0. The second kappa shape index (κ2) is 4.66. The van der Waals surface area contributed by atoms with E-state index in [1.165, 1.54) is 0 Å². The lowest BCUT2D eigenvalue weighted by Crippen LogP contribution is -2.47. The minimum atomic E-state index is 0.116. The first-order valence-electron chi connectivity index (χ1n) is 5.57. The zero-order valence-electron chi connectivity index (χ0n) is 9.16. The summed E-state index contributed by atoms with van der Waals surface area (Å²) in [6.45, 7) is 2.85. The van der Waals surface area contributed by atoms with Crippen LogP contribution in [-0.4, -0.2) is 43.6 Å². The number of nitrogens with zero attached hydrogens (tertiary/aromatic N) is 1. The first-order chi connectivity index (χ1) is 7.31. The van der Waals surface area contributed by atoms with Crippen molar-refractivity contribution in [3.8, 4) is 0 Å². The maximum absolute atomic E-state index is 11.8. The van der Waals surface area contributed by atoms with Crippen molar-refractivity contribution in [3.63, 3.8) is 0 Å². The van der Waals surface area contributed by atoms with Gasteiger partial charge in [0.2, 0.25) is 5.91 Å². The first-order valence-corrected chi connectivity index (χ1v) is 5.57. The minimum Gasteiger partial charge on any atom is -0.501 e. The van der Waals surface area contributed by atoms with E-state index in [4.69, 9.17) is 4.74 Å². The fourth-order valence-corrected chi connectivity index (χ4v) is 2.28. The van der Waals surface area contributed by atoms with Crippen LogP contribution in [0.1, 0.15) is 19.3 Å². The average Bonchev–Trinajstić information content (AvgIpc) is 2.30. The summed E-state index contributed by atoms with van der Waals surface area (Å²) in [5.74, 6) is 0.926. The lowest BCUT2D eigenvalue weighted by Gasteiger charge is -2.36. The van der Waals surface area contributed by atoms with E-state index < -0.39 is 0 Å². The van der Waals surface area contributed by atoms with Crippen molar-refractivity contribution in [3.05, 3.63) is 11.8 Å². The fourth-order valence-electron chi connectivity index (χ4n) is 2.28. The van der Waals surface area contributed by atoms with Crippen molar-refractivity contribution in [1.29, 1.82) is 0 Å². The Bertz CT molecular complexity index is 270. The van der Waals surface area contributed by atoms with Crippen molar-refractivity contribution in [1.82, 2.24) is 10.2 Å². The van der Waals surface area contributed by atoms with Crippen LogP contribution in [0.5, 0.6) is 0 Å². The molecule has 4 heteroatoms. The van der Waals surface area contributed by atoms with Gasteiger partial charge >= 0.3 is 0 Å². The predicted molar refractivity (Wildman–Crippen MR) is 57.3 cm³/mol. The van der Waals surface area contributed by atoms with Gasteiger partial charge in [0.15, 0.2) is 0 Å². The summed E-state index contributed by atoms with van der Waals surface area (Å²) in [5, 5.41) is 3.31. The second-order valence-electron chi connectivity index (χ2n) is 4.08. The maximum Gasteiger partial charge on any atom is 0.250 e. The van der Waals surface area contributed by atoms with E-state index in [0.717, 1.165) is 44.7 Å². The first kappa shape index (κ1) is 10.5. The summed E-state index contributed by atoms with van der Waals surface area (Å²) in [6.07, 6.45) is 4.63. The van der Waals surface area contributed by atoms with Gasteiger partial charge in [0.1, 0.15) is 5.76 Å². The molecular formula is C11H18N2O2. The Labute approximate surface area is 90.3 Å². The largest absolute Gasteiger partial charge is 0.501 e. The highest BCUT2D eigenvalue weighted by Crippen LogP contribution is 2.19. The van der Waals surface area contributed by atoms with Crippen molar-refractivity contribution in [2.75, 3.05) is 26.7 Å². The highest BCUT2D eigenvalue weighted by molar-refractivity contribution is 5.89. The molecule has 0 aliphatic carbocycles. The van der Waals surface area contributed by atoms with E-state index in [-0.39, 0.29) is 5.91 Å². The summed E-state index contributed by atoms with van der Waals surface area (Å²) in [7, 11) is 1.62. The Balaban J connectivity index is 1.99. The van der Waals surface area contributed by atoms with Crippen LogP contribution in [0.3, 0.4) is 0 Å². The van der Waals surface area contributed by atoms with E-state index in [1.54, 1.807) is 13.2 Å². The van der Waals surface area contributed by atoms with Gasteiger partial charge in [-0.05, 0) is 25.9 Å². The molecule has 0 atom stereocenters. The molecular weight excluding hydrogens is 192 g/mol. The number of amides is 1. The van der Waals surface area contributed by atoms with E-state index in [0.29, 0.717) is 6.04 Å². The molecule has 0 spiro atoms. The zero-order valence-corrected chi connectivity index (χ0v) is 9.16. The molecule has 84 valence electrons. The Hall–Kier alpha value is -1.03. The topological polar surface area (TPSA) is 41.6 Å². The lowest BCUT2D eigenvalue weighted by molar-refractivity contribution is -0.130. The highest BCUT2D eigenvalue weighted by atomic mass is 16.5. The van der Waals surface area contributed by atoms with Gasteiger partial charge in [-0.25, -0.2) is 0 Å². The van der Waals surface area contributed by atoms with Crippen LogP contribution in [0.2, 0.25) is 0 Å². The van der Waals surface area contributed by atoms with Gasteiger partial charge in [-0.2, -0.15) is 0 Å². The monoisotopic (exact) mass is 210 g/mol. The molecule has 1 saturated heterocycles. The van der Waals surface area contributed by atoms with Crippen LogP contribution in [0.25, 0.3) is 0 Å². The Morgan fingerprint density at radius 2 is 2.20 bits per heavy atom. The molecule has 0 aromatic heterocycles. The molecule has 1 N–H and O–H groups in total. The maximum atomic E-state index is 11.8. The Kier molecular flexibility index (Phi) is 3.26. The van der Waals surface area contributed by atoms with E-state index in [1.807, 2.05) is 4.90 Å². The molecule has 0 aromatic rings. The summed E-state index contributed by atoms with van der Waals surface area (Å²) in [5.41, 5.74) is 0. The number of nitrogens with one attached hydrogen (secondary N) is 1. The number of piperidine rings is 1. The normalized spacial score (nSPS) is 23.9. The molecule has 15 heavy (non-hydrogen) atoms. The number of hydrogen-bond acceptors (Lipinski definition) is 3. The smallest absolute Gasteiger partial charge is 0.250 e. The molecule has 4 nitrogen and oxygen atoms in total. The van der Waals surface area contributed by atoms with Crippen LogP contribution >= 0.6 is 0 Å². The summed E-state index contributed by atoms with van der Waals surface area (Å²) in [4.78, 5) is 13.8. The minimum absolute atomic E-state index is 0.116. The van der Waals surface area contributed by atoms with Gasteiger partial charge in [0.25, 0.3) is 0 Å². The molecule has 0 radical (unpaired) electrons. The fraction of sp³-hybridized carbons (Fsp3) is 0.727. The summed E-state index contributed by atoms with van der Waals surface area (Å²) < 4.78 is 5.10. The van der Waals surface area contributed by atoms with E-state index in [9.17, 15) is 4.79 Å². The second-order valence-corrected chi connectivity index (χ2v) is 4.08. The third kappa shape index (κ3) is 2.31. The predicted octanol–water partition coefficient (Wildman–Crippen LogP) is 0.501. The number of carbonyl (C=O) groups is 1. The molecule has 1 amide bonds. The Morgan fingerprint density at radius 3 is 2.80 bits per heavy atom. The van der Waals surface area contributed by atoms with Crippen molar-refractivity contribution in [2.24, 2.45) is 0 Å². The van der Waals surface area contributed by atoms with Crippen molar-refractivity contribution in [2.45, 2.75) is 25.3 Å². The van der Waals surface area contributed by atoms with Gasteiger partial charge in [0, 0.05) is 25.1 Å². The van der Waals surface area contributed by atoms with Gasteiger partial charge in [-0.15, -0.1) is 0 Å². The molecule has 0 saturated carbocycles. The van der Waals surface area contributed by atoms with Gasteiger partial charge < -0.3 is 15.0 Å². The van der Waals surface area contributed by atoms with E-state index in [2.05, 4.69) is 5.32 Å². The summed E-state index contributed by atoms with van der Waals surface area (Å²) in [6, 6.07) is 0.424. The van der Waals surface area contributed by atoms with Crippen LogP contribution in [0.15, 0.2) is 11.8 Å². The van der Waals surface area contributed by atoms with Crippen LogP contribution in [-0.2, 0) is 9.53 Å². The molecule has 0 aromatic carbocycles. The average molecular weight is 210 g/mol. The Morgan fingerprint density at radius 1 is 1.47 bits per heavy atom. The zero-order chi connectivity index (χ0) is 10.7. The van der Waals surface area contributed by atoms with E-state index >= 15 is 0 Å². The SMILES string of the molecule is COC1=CC(=O)N(C2CCNCC2)CC1. The third-order valence-electron chi connectivity index (χ3n) is 3.18. The van der Waals surface area contributed by atoms with Crippen molar-refractivity contribution < 1.29 is 9.53 Å². The van der Waals surface area contributed by atoms with Gasteiger partial charge in [-0.1, -0.05) is 0 Å². The number of hydrogen-bond donors (Lipinski definition) is 1. The molecule has 2 aliphatic rings. The lowest BCUT2D eigenvalue weighted by atomic mass is 10.0. The van der Waals surface area contributed by atoms with Crippen LogP contribution < -0.4 is 5.32 Å². The van der Waals surface area contributed by atoms with Crippen LogP contribution in [0, 0.1) is 0 Å². The molecule has 2 heterocycles. The number of carbonyl (C=O) groups excluding carboxylic acids is 1. The van der Waals surface area contributed by atoms with Crippen LogP contribution in [0.4, 0.5) is 0 Å². The highest BCUT2D eigenvalue weighted by Gasteiger charge is 2.27. The third-order valence-corrected chi connectivity index (χ3v) is 3.18. The molecule has 2 rings (SSSR count). The van der Waals surface area contributed by atoms with Gasteiger partial charge in [0.05, 0.1) is 7.11 Å². The molecule has 1 fully saturated rings. The molecule has 2 aliphatic heterocycles. The standard InChI is InChI=1S/C11H18N2O2/c1-15-10-4-7-13(11(14)8-10)9-2-5-12-6-3-9/h8-9,12H,2-7H2,1H3.